The van der Waals surface area contributed by atoms with Gasteiger partial charge >= 0.3 is 12.1 Å². The quantitative estimate of drug-likeness (QED) is 0.786. The number of benzene rings is 2. The Morgan fingerprint density at radius 3 is 2.71 bits per heavy atom. The van der Waals surface area contributed by atoms with Crippen molar-refractivity contribution in [3.63, 3.8) is 0 Å². The van der Waals surface area contributed by atoms with Gasteiger partial charge in [-0.1, -0.05) is 12.1 Å². The molecule has 1 heterocycles. The Morgan fingerprint density at radius 1 is 1.21 bits per heavy atom. The summed E-state index contributed by atoms with van der Waals surface area (Å²) in [5, 5.41) is 11.7. The van der Waals surface area contributed by atoms with Crippen LogP contribution in [0, 0.1) is 0 Å². The predicted molar refractivity (Wildman–Crippen MR) is 91.1 cm³/mol. The Hall–Kier alpha value is -3.23. The number of nitrogens with one attached hydrogen (secondary N) is 1. The molecule has 0 bridgehead atoms. The second kappa shape index (κ2) is 7.79. The standard InChI is InChI=1S/C19H16F3NO5/c20-19(21,22)13-2-1-3-14(9-13)28-10-16(24)23-17(18(25)26)12-4-5-15-11(8-12)6-7-27-15/h1-5,8-9,17H,6-7,10H2,(H,23,24)(H,25,26). The molecule has 0 aromatic heterocycles. The second-order valence-corrected chi connectivity index (χ2v) is 6.12. The lowest BCUT2D eigenvalue weighted by Gasteiger charge is -2.16. The first-order valence-corrected chi connectivity index (χ1v) is 8.32. The maximum atomic E-state index is 12.7. The van der Waals surface area contributed by atoms with Crippen molar-refractivity contribution in [2.75, 3.05) is 13.2 Å². The molecular weight excluding hydrogens is 379 g/mol. The molecule has 1 unspecified atom stereocenters. The van der Waals surface area contributed by atoms with E-state index in [-0.39, 0.29) is 5.75 Å². The minimum Gasteiger partial charge on any atom is -0.493 e. The van der Waals surface area contributed by atoms with Gasteiger partial charge in [-0.15, -0.1) is 0 Å². The number of carbonyl (C=O) groups excluding carboxylic acids is 1. The van der Waals surface area contributed by atoms with Crippen LogP contribution in [0.25, 0.3) is 0 Å². The fraction of sp³-hybridized carbons (Fsp3) is 0.263. The van der Waals surface area contributed by atoms with Gasteiger partial charge < -0.3 is 19.9 Å². The van der Waals surface area contributed by atoms with E-state index in [1.807, 2.05) is 0 Å². The molecule has 0 fully saturated rings. The van der Waals surface area contributed by atoms with Crippen LogP contribution in [0.2, 0.25) is 0 Å². The molecule has 1 aliphatic heterocycles. The topological polar surface area (TPSA) is 84.9 Å². The fourth-order valence-electron chi connectivity index (χ4n) is 2.79. The summed E-state index contributed by atoms with van der Waals surface area (Å²) in [6.07, 6.45) is -3.89. The van der Waals surface area contributed by atoms with Crippen LogP contribution >= 0.6 is 0 Å². The van der Waals surface area contributed by atoms with Crippen molar-refractivity contribution in [1.29, 1.82) is 0 Å². The zero-order valence-electron chi connectivity index (χ0n) is 14.5. The molecular formula is C19H16F3NO5. The Labute approximate surface area is 157 Å². The summed E-state index contributed by atoms with van der Waals surface area (Å²) < 4.78 is 48.5. The van der Waals surface area contributed by atoms with Gasteiger partial charge in [0, 0.05) is 6.42 Å². The van der Waals surface area contributed by atoms with Crippen LogP contribution in [0.3, 0.4) is 0 Å². The smallest absolute Gasteiger partial charge is 0.416 e. The van der Waals surface area contributed by atoms with Crippen molar-refractivity contribution in [3.8, 4) is 11.5 Å². The van der Waals surface area contributed by atoms with Gasteiger partial charge in [-0.05, 0) is 41.5 Å². The zero-order valence-corrected chi connectivity index (χ0v) is 14.5. The molecule has 2 N–H and O–H groups in total. The second-order valence-electron chi connectivity index (χ2n) is 6.12. The molecule has 0 saturated heterocycles. The van der Waals surface area contributed by atoms with Crippen LogP contribution in [0.4, 0.5) is 13.2 Å². The molecule has 9 heteroatoms. The van der Waals surface area contributed by atoms with Crippen LogP contribution in [0.15, 0.2) is 42.5 Å². The number of fused-ring (bicyclic) bond motifs is 1. The lowest BCUT2D eigenvalue weighted by Crippen LogP contribution is -2.36. The highest BCUT2D eigenvalue weighted by molar-refractivity contribution is 5.85. The zero-order chi connectivity index (χ0) is 20.3. The Bertz CT molecular complexity index is 897. The number of carboxylic acids is 1. The van der Waals surface area contributed by atoms with Crippen molar-refractivity contribution in [3.05, 3.63) is 59.2 Å². The van der Waals surface area contributed by atoms with Crippen LogP contribution in [0.5, 0.6) is 11.5 Å². The van der Waals surface area contributed by atoms with Crippen LogP contribution in [-0.4, -0.2) is 30.2 Å². The first-order chi connectivity index (χ1) is 13.2. The minimum atomic E-state index is -4.53. The van der Waals surface area contributed by atoms with Crippen molar-refractivity contribution < 1.29 is 37.3 Å². The van der Waals surface area contributed by atoms with E-state index in [1.54, 1.807) is 12.1 Å². The van der Waals surface area contributed by atoms with Crippen molar-refractivity contribution in [1.82, 2.24) is 5.32 Å². The largest absolute Gasteiger partial charge is 0.493 e. The number of aliphatic carboxylic acids is 1. The minimum absolute atomic E-state index is 0.147. The Kier molecular flexibility index (Phi) is 5.43. The number of carbonyl (C=O) groups is 2. The third-order valence-electron chi connectivity index (χ3n) is 4.13. The Balaban J connectivity index is 1.65. The number of alkyl halides is 3. The van der Waals surface area contributed by atoms with Gasteiger partial charge in [0.05, 0.1) is 12.2 Å². The molecule has 6 nitrogen and oxygen atoms in total. The van der Waals surface area contributed by atoms with E-state index in [0.29, 0.717) is 24.3 Å². The molecule has 0 aliphatic carbocycles. The van der Waals surface area contributed by atoms with Crippen molar-refractivity contribution in [2.24, 2.45) is 0 Å². The van der Waals surface area contributed by atoms with E-state index >= 15 is 0 Å². The molecule has 0 saturated carbocycles. The summed E-state index contributed by atoms with van der Waals surface area (Å²) in [6.45, 7) is -0.118. The van der Waals surface area contributed by atoms with Crippen LogP contribution in [0.1, 0.15) is 22.7 Å². The van der Waals surface area contributed by atoms with E-state index in [0.717, 1.165) is 23.8 Å². The normalized spacial score (nSPS) is 14.0. The molecule has 148 valence electrons. The molecule has 0 radical (unpaired) electrons. The molecule has 1 atom stereocenters. The molecule has 2 aromatic carbocycles. The van der Waals surface area contributed by atoms with E-state index in [9.17, 15) is 27.9 Å². The summed E-state index contributed by atoms with van der Waals surface area (Å²) in [6, 6.07) is 7.59. The third-order valence-corrected chi connectivity index (χ3v) is 4.13. The number of carboxylic acid groups (broad SMARTS) is 1. The summed E-state index contributed by atoms with van der Waals surface area (Å²) >= 11 is 0. The summed E-state index contributed by atoms with van der Waals surface area (Å²) in [5.41, 5.74) is 0.302. The van der Waals surface area contributed by atoms with Gasteiger partial charge in [0.15, 0.2) is 12.6 Å². The number of ether oxygens (including phenoxy) is 2. The lowest BCUT2D eigenvalue weighted by atomic mass is 10.0. The lowest BCUT2D eigenvalue weighted by molar-refractivity contribution is -0.142. The monoisotopic (exact) mass is 395 g/mol. The number of rotatable bonds is 6. The van der Waals surface area contributed by atoms with E-state index < -0.39 is 36.3 Å². The van der Waals surface area contributed by atoms with Crippen LogP contribution in [-0.2, 0) is 22.2 Å². The first kappa shape index (κ1) is 19.5. The molecule has 0 spiro atoms. The molecule has 28 heavy (non-hydrogen) atoms. The van der Waals surface area contributed by atoms with E-state index in [2.05, 4.69) is 5.32 Å². The van der Waals surface area contributed by atoms with Gasteiger partial charge in [-0.25, -0.2) is 4.79 Å². The average molecular weight is 395 g/mol. The summed E-state index contributed by atoms with van der Waals surface area (Å²) in [7, 11) is 0. The number of hydrogen-bond donors (Lipinski definition) is 2. The number of hydrogen-bond acceptors (Lipinski definition) is 4. The summed E-state index contributed by atoms with van der Waals surface area (Å²) in [4.78, 5) is 23.6. The summed E-state index contributed by atoms with van der Waals surface area (Å²) in [5.74, 6) is -1.52. The molecule has 3 rings (SSSR count). The molecule has 1 amide bonds. The maximum Gasteiger partial charge on any atom is 0.416 e. The third kappa shape index (κ3) is 4.54. The molecule has 1 aliphatic rings. The number of halogens is 3. The van der Waals surface area contributed by atoms with E-state index in [1.165, 1.54) is 12.1 Å². The Morgan fingerprint density at radius 2 is 2.00 bits per heavy atom. The highest BCUT2D eigenvalue weighted by atomic mass is 19.4. The van der Waals surface area contributed by atoms with Gasteiger partial charge in [0.25, 0.3) is 5.91 Å². The van der Waals surface area contributed by atoms with Crippen molar-refractivity contribution >= 4 is 11.9 Å². The van der Waals surface area contributed by atoms with Gasteiger partial charge in [-0.2, -0.15) is 13.2 Å². The van der Waals surface area contributed by atoms with Crippen LogP contribution < -0.4 is 14.8 Å². The highest BCUT2D eigenvalue weighted by Gasteiger charge is 2.30. The maximum absolute atomic E-state index is 12.7. The van der Waals surface area contributed by atoms with Gasteiger partial charge in [0.1, 0.15) is 11.5 Å². The SMILES string of the molecule is O=C(COc1cccc(C(F)(F)F)c1)NC(C(=O)O)c1ccc2c(c1)CCO2. The first-order valence-electron chi connectivity index (χ1n) is 8.32. The fourth-order valence-corrected chi connectivity index (χ4v) is 2.79. The average Bonchev–Trinajstić information content (AvgIpc) is 3.11. The van der Waals surface area contributed by atoms with Crippen molar-refractivity contribution in [2.45, 2.75) is 18.6 Å². The predicted octanol–water partition coefficient (Wildman–Crippen LogP) is 2.96. The molecule has 2 aromatic rings. The van der Waals surface area contributed by atoms with E-state index in [4.69, 9.17) is 9.47 Å². The number of amides is 1. The van der Waals surface area contributed by atoms with Gasteiger partial charge in [-0.3, -0.25) is 4.79 Å². The van der Waals surface area contributed by atoms with Gasteiger partial charge in [0.2, 0.25) is 0 Å². The highest BCUT2D eigenvalue weighted by Crippen LogP contribution is 2.31.